The summed E-state index contributed by atoms with van der Waals surface area (Å²) in [6.07, 6.45) is 0.791. The van der Waals surface area contributed by atoms with Crippen LogP contribution in [0, 0.1) is 0 Å². The molecule has 1 aromatic heterocycles. The number of sulfone groups is 1. The molecule has 0 aliphatic rings. The minimum atomic E-state index is -3.53. The Morgan fingerprint density at radius 1 is 1.19 bits per heavy atom. The minimum Gasteiger partial charge on any atom is -0.302 e. The van der Waals surface area contributed by atoms with E-state index in [-0.39, 0.29) is 23.0 Å². The predicted octanol–water partition coefficient (Wildman–Crippen LogP) is 4.31. The van der Waals surface area contributed by atoms with Crippen LogP contribution in [-0.2, 0) is 21.1 Å². The molecule has 1 amide bonds. The first-order valence-corrected chi connectivity index (χ1v) is 10.9. The molecule has 0 fully saturated rings. The third kappa shape index (κ3) is 4.41. The van der Waals surface area contributed by atoms with Gasteiger partial charge in [-0.1, -0.05) is 35.9 Å². The van der Waals surface area contributed by atoms with E-state index in [2.05, 4.69) is 17.2 Å². The maximum atomic E-state index is 12.3. The van der Waals surface area contributed by atoms with Gasteiger partial charge in [0.05, 0.1) is 20.9 Å². The molecule has 2 aromatic carbocycles. The average Bonchev–Trinajstić information content (AvgIpc) is 3.01. The van der Waals surface area contributed by atoms with Crippen LogP contribution in [0.2, 0.25) is 5.02 Å². The van der Waals surface area contributed by atoms with Crippen molar-refractivity contribution < 1.29 is 13.2 Å². The van der Waals surface area contributed by atoms with Crippen LogP contribution in [0.15, 0.2) is 47.4 Å². The second-order valence-corrected chi connectivity index (χ2v) is 9.32. The fourth-order valence-corrected chi connectivity index (χ4v) is 4.72. The second-order valence-electron chi connectivity index (χ2n) is 5.75. The van der Waals surface area contributed by atoms with Crippen molar-refractivity contribution in [2.24, 2.45) is 0 Å². The van der Waals surface area contributed by atoms with Crippen LogP contribution < -0.4 is 5.32 Å². The highest BCUT2D eigenvalue weighted by Gasteiger charge is 2.17. The fourth-order valence-electron chi connectivity index (χ4n) is 2.41. The van der Waals surface area contributed by atoms with Gasteiger partial charge >= 0.3 is 0 Å². The summed E-state index contributed by atoms with van der Waals surface area (Å²) in [5, 5.41) is 3.62. The largest absolute Gasteiger partial charge is 0.302 e. The zero-order valence-electron chi connectivity index (χ0n) is 14.0. The number of nitrogens with one attached hydrogen (secondary N) is 1. The molecule has 0 unspecified atom stereocenters. The van der Waals surface area contributed by atoms with Gasteiger partial charge in [-0.05, 0) is 48.4 Å². The van der Waals surface area contributed by atoms with Crippen LogP contribution >= 0.6 is 22.9 Å². The number of benzene rings is 2. The first-order valence-electron chi connectivity index (χ1n) is 8.05. The van der Waals surface area contributed by atoms with E-state index in [1.54, 1.807) is 0 Å². The van der Waals surface area contributed by atoms with E-state index in [1.807, 2.05) is 18.2 Å². The number of thiazole rings is 1. The van der Waals surface area contributed by atoms with Crippen molar-refractivity contribution in [2.75, 3.05) is 11.1 Å². The van der Waals surface area contributed by atoms with E-state index < -0.39 is 9.84 Å². The van der Waals surface area contributed by atoms with Crippen molar-refractivity contribution in [1.29, 1.82) is 0 Å². The molecule has 136 valence electrons. The Hall–Kier alpha value is -1.96. The highest BCUT2D eigenvalue weighted by Crippen LogP contribution is 2.27. The molecule has 0 saturated heterocycles. The van der Waals surface area contributed by atoms with Crippen LogP contribution in [0.3, 0.4) is 0 Å². The number of fused-ring (bicyclic) bond motifs is 1. The van der Waals surface area contributed by atoms with Gasteiger partial charge < -0.3 is 5.32 Å². The van der Waals surface area contributed by atoms with E-state index in [9.17, 15) is 13.2 Å². The van der Waals surface area contributed by atoms with E-state index in [0.717, 1.165) is 16.6 Å². The molecule has 0 bridgehead atoms. The van der Waals surface area contributed by atoms with Gasteiger partial charge in [-0.2, -0.15) is 0 Å². The quantitative estimate of drug-likeness (QED) is 0.659. The van der Waals surface area contributed by atoms with Crippen LogP contribution in [0.5, 0.6) is 0 Å². The summed E-state index contributed by atoms with van der Waals surface area (Å²) in [6.45, 7) is 2.08. The molecular weight excluding hydrogens is 392 g/mol. The maximum absolute atomic E-state index is 12.3. The van der Waals surface area contributed by atoms with Crippen molar-refractivity contribution in [3.05, 3.63) is 53.1 Å². The van der Waals surface area contributed by atoms with Crippen LogP contribution in [-0.4, -0.2) is 25.1 Å². The Morgan fingerprint density at radius 3 is 2.62 bits per heavy atom. The van der Waals surface area contributed by atoms with Crippen molar-refractivity contribution in [3.63, 3.8) is 0 Å². The predicted molar refractivity (Wildman–Crippen MR) is 106 cm³/mol. The lowest BCUT2D eigenvalue weighted by Crippen LogP contribution is -2.17. The molecule has 0 radical (unpaired) electrons. The zero-order chi connectivity index (χ0) is 18.7. The molecule has 8 heteroatoms. The van der Waals surface area contributed by atoms with Gasteiger partial charge in [0, 0.05) is 11.4 Å². The number of amides is 1. The smallest absolute Gasteiger partial charge is 0.227 e. The van der Waals surface area contributed by atoms with Crippen molar-refractivity contribution in [2.45, 2.75) is 24.7 Å². The van der Waals surface area contributed by atoms with Gasteiger partial charge in [0.2, 0.25) is 5.91 Å². The lowest BCUT2D eigenvalue weighted by molar-refractivity contribution is -0.115. The molecule has 26 heavy (non-hydrogen) atoms. The van der Waals surface area contributed by atoms with Gasteiger partial charge in [-0.25, -0.2) is 13.4 Å². The third-order valence-corrected chi connectivity index (χ3v) is 6.80. The first-order chi connectivity index (χ1) is 12.4. The molecular formula is C18H17ClN2O3S2. The summed E-state index contributed by atoms with van der Waals surface area (Å²) >= 11 is 7.15. The zero-order valence-corrected chi connectivity index (χ0v) is 16.4. The van der Waals surface area contributed by atoms with Gasteiger partial charge in [0.1, 0.15) is 0 Å². The monoisotopic (exact) mass is 408 g/mol. The Morgan fingerprint density at radius 2 is 1.92 bits per heavy atom. The SMILES string of the molecule is CCc1ccc2nc(NC(=O)CCS(=O)(=O)c3ccc(Cl)cc3)sc2c1. The molecule has 1 N–H and O–H groups in total. The number of anilines is 1. The van der Waals surface area contributed by atoms with Gasteiger partial charge in [0.15, 0.2) is 15.0 Å². The number of hydrogen-bond donors (Lipinski definition) is 1. The Kier molecular flexibility index (Phi) is 5.60. The highest BCUT2D eigenvalue weighted by atomic mass is 35.5. The maximum Gasteiger partial charge on any atom is 0.227 e. The van der Waals surface area contributed by atoms with Gasteiger partial charge in [0.25, 0.3) is 0 Å². The van der Waals surface area contributed by atoms with E-state index in [4.69, 9.17) is 11.6 Å². The molecule has 0 aliphatic heterocycles. The molecule has 3 aromatic rings. The molecule has 5 nitrogen and oxygen atoms in total. The fraction of sp³-hybridized carbons (Fsp3) is 0.222. The van der Waals surface area contributed by atoms with Crippen LogP contribution in [0.4, 0.5) is 5.13 Å². The lowest BCUT2D eigenvalue weighted by Gasteiger charge is -2.04. The number of hydrogen-bond acceptors (Lipinski definition) is 5. The van der Waals surface area contributed by atoms with E-state index >= 15 is 0 Å². The van der Waals surface area contributed by atoms with Crippen molar-refractivity contribution in [1.82, 2.24) is 4.98 Å². The van der Waals surface area contributed by atoms with Gasteiger partial charge in [-0.3, -0.25) is 4.79 Å². The number of aryl methyl sites for hydroxylation is 1. The number of carbonyl (C=O) groups excluding carboxylic acids is 1. The van der Waals surface area contributed by atoms with Crippen LogP contribution in [0.1, 0.15) is 18.9 Å². The molecule has 1 heterocycles. The Labute approximate surface area is 160 Å². The lowest BCUT2D eigenvalue weighted by atomic mass is 10.2. The topological polar surface area (TPSA) is 76.1 Å². The van der Waals surface area contributed by atoms with Crippen molar-refractivity contribution >= 4 is 54.0 Å². The van der Waals surface area contributed by atoms with Crippen LogP contribution in [0.25, 0.3) is 10.2 Å². The summed E-state index contributed by atoms with van der Waals surface area (Å²) < 4.78 is 25.5. The number of nitrogens with zero attached hydrogens (tertiary/aromatic N) is 1. The molecule has 0 aliphatic carbocycles. The standard InChI is InChI=1S/C18H17ClN2O3S2/c1-2-12-3-8-15-16(11-12)25-18(20-15)21-17(22)9-10-26(23,24)14-6-4-13(19)5-7-14/h3-8,11H,2,9-10H2,1H3,(H,20,21,22). The van der Waals surface area contributed by atoms with Crippen molar-refractivity contribution in [3.8, 4) is 0 Å². The highest BCUT2D eigenvalue weighted by molar-refractivity contribution is 7.91. The van der Waals surface area contributed by atoms with E-state index in [1.165, 1.54) is 41.2 Å². The summed E-state index contributed by atoms with van der Waals surface area (Å²) in [6, 6.07) is 11.9. The normalized spacial score (nSPS) is 11.6. The summed E-state index contributed by atoms with van der Waals surface area (Å²) in [5.41, 5.74) is 2.02. The third-order valence-electron chi connectivity index (χ3n) is 3.88. The molecule has 0 atom stereocenters. The number of halogens is 1. The number of rotatable bonds is 6. The Balaban J connectivity index is 1.64. The summed E-state index contributed by atoms with van der Waals surface area (Å²) in [7, 11) is -3.53. The summed E-state index contributed by atoms with van der Waals surface area (Å²) in [4.78, 5) is 16.6. The first kappa shape index (κ1) is 18.8. The number of carbonyl (C=O) groups is 1. The Bertz CT molecular complexity index is 1040. The number of aromatic nitrogens is 1. The van der Waals surface area contributed by atoms with E-state index in [0.29, 0.717) is 10.2 Å². The molecule has 0 spiro atoms. The van der Waals surface area contributed by atoms with Gasteiger partial charge in [-0.15, -0.1) is 0 Å². The molecule has 0 saturated carbocycles. The molecule has 3 rings (SSSR count). The average molecular weight is 409 g/mol. The minimum absolute atomic E-state index is 0.138. The summed E-state index contributed by atoms with van der Waals surface area (Å²) in [5.74, 6) is -0.650. The second kappa shape index (κ2) is 7.73.